The molecule has 1 heterocycles. The molecule has 7 heteroatoms. The Balaban J connectivity index is 1.70. The third kappa shape index (κ3) is 6.29. The van der Waals surface area contributed by atoms with Crippen LogP contribution in [-0.4, -0.2) is 18.5 Å². The lowest BCUT2D eigenvalue weighted by atomic mass is 10.1. The third-order valence-corrected chi connectivity index (χ3v) is 5.90. The molecule has 2 aromatic rings. The molecule has 1 aliphatic heterocycles. The van der Waals surface area contributed by atoms with E-state index in [2.05, 4.69) is 10.4 Å². The monoisotopic (exact) mass is 388 g/mol. The molecule has 0 saturated carbocycles. The molecule has 0 aliphatic carbocycles. The molecule has 0 aromatic heterocycles. The van der Waals surface area contributed by atoms with Crippen molar-refractivity contribution in [1.82, 2.24) is 10.4 Å². The van der Waals surface area contributed by atoms with E-state index in [-0.39, 0.29) is 19.1 Å². The van der Waals surface area contributed by atoms with Gasteiger partial charge in [-0.1, -0.05) is 60.7 Å². The van der Waals surface area contributed by atoms with E-state index < -0.39 is 13.8 Å². The number of hydrogen-bond acceptors (Lipinski definition) is 4. The topological polar surface area (TPSA) is 76.7 Å². The summed E-state index contributed by atoms with van der Waals surface area (Å²) in [5.74, 6) is -0.167. The predicted octanol–water partition coefficient (Wildman–Crippen LogP) is 3.79. The summed E-state index contributed by atoms with van der Waals surface area (Å²) in [6, 6.07) is 18.3. The van der Waals surface area contributed by atoms with Crippen molar-refractivity contribution in [3.63, 3.8) is 0 Å². The highest BCUT2D eigenvalue weighted by Crippen LogP contribution is 2.46. The number of carbonyl (C=O) groups is 1. The van der Waals surface area contributed by atoms with Gasteiger partial charge in [0, 0.05) is 6.54 Å². The van der Waals surface area contributed by atoms with Gasteiger partial charge in [-0.05, 0) is 30.4 Å². The average Bonchev–Trinajstić information content (AvgIpc) is 2.91. The molecule has 1 saturated heterocycles. The molecule has 0 radical (unpaired) electrons. The summed E-state index contributed by atoms with van der Waals surface area (Å²) in [6.07, 6.45) is 2.37. The van der Waals surface area contributed by atoms with E-state index in [1.807, 2.05) is 60.7 Å². The summed E-state index contributed by atoms with van der Waals surface area (Å²) >= 11 is 0. The van der Waals surface area contributed by atoms with Crippen LogP contribution in [0.3, 0.4) is 0 Å². The number of carbonyl (C=O) groups excluding carboxylic acids is 1. The van der Waals surface area contributed by atoms with Gasteiger partial charge < -0.3 is 5.32 Å². The van der Waals surface area contributed by atoms with Gasteiger partial charge in [0.15, 0.2) is 0 Å². The van der Waals surface area contributed by atoms with Crippen molar-refractivity contribution in [3.8, 4) is 0 Å². The summed E-state index contributed by atoms with van der Waals surface area (Å²) in [6.45, 7) is 0.902. The molecule has 1 amide bonds. The van der Waals surface area contributed by atoms with E-state index in [0.29, 0.717) is 13.0 Å². The second kappa shape index (κ2) is 9.81. The molecule has 1 unspecified atom stereocenters. The lowest BCUT2D eigenvalue weighted by Crippen LogP contribution is -2.41. The standard InChI is InChI=1S/C20H25N2O4P/c23-20-19(13-7-8-14-21-20)22-27(24,25-15-17-9-3-1-4-10-17)26-16-18-11-5-2-6-12-18/h1-6,9-12,19H,7-8,13-16H2,(H,21,23)(H,22,24). The molecule has 1 atom stereocenters. The first-order chi connectivity index (χ1) is 13.1. The van der Waals surface area contributed by atoms with Crippen LogP contribution in [0.2, 0.25) is 0 Å². The number of hydrogen-bond donors (Lipinski definition) is 2. The summed E-state index contributed by atoms with van der Waals surface area (Å²) in [5.41, 5.74) is 1.77. The highest BCUT2D eigenvalue weighted by atomic mass is 31.2. The van der Waals surface area contributed by atoms with Crippen molar-refractivity contribution < 1.29 is 18.4 Å². The molecular weight excluding hydrogens is 363 g/mol. The maximum Gasteiger partial charge on any atom is 0.406 e. The summed E-state index contributed by atoms with van der Waals surface area (Å²) in [5, 5.41) is 5.69. The van der Waals surface area contributed by atoms with Gasteiger partial charge in [-0.15, -0.1) is 0 Å². The van der Waals surface area contributed by atoms with Gasteiger partial charge in [-0.25, -0.2) is 9.65 Å². The van der Waals surface area contributed by atoms with E-state index in [4.69, 9.17) is 9.05 Å². The lowest BCUT2D eigenvalue weighted by Gasteiger charge is -2.24. The quantitative estimate of drug-likeness (QED) is 0.673. The van der Waals surface area contributed by atoms with Crippen molar-refractivity contribution in [1.29, 1.82) is 0 Å². The SMILES string of the molecule is O=C1NCCCCC1NP(=O)(OCc1ccccc1)OCc1ccccc1. The third-order valence-electron chi connectivity index (χ3n) is 4.34. The second-order valence-electron chi connectivity index (χ2n) is 6.48. The second-order valence-corrected chi connectivity index (χ2v) is 8.25. The lowest BCUT2D eigenvalue weighted by molar-refractivity contribution is -0.122. The van der Waals surface area contributed by atoms with Gasteiger partial charge in [0.05, 0.1) is 19.3 Å². The smallest absolute Gasteiger partial charge is 0.355 e. The molecule has 144 valence electrons. The van der Waals surface area contributed by atoms with Crippen molar-refractivity contribution in [2.45, 2.75) is 38.5 Å². The molecule has 27 heavy (non-hydrogen) atoms. The zero-order valence-electron chi connectivity index (χ0n) is 15.2. The number of amides is 1. The molecule has 1 aliphatic rings. The molecule has 1 fully saturated rings. The fourth-order valence-corrected chi connectivity index (χ4v) is 4.32. The van der Waals surface area contributed by atoms with Crippen LogP contribution < -0.4 is 10.4 Å². The maximum absolute atomic E-state index is 13.4. The fourth-order valence-electron chi connectivity index (χ4n) is 2.83. The highest BCUT2D eigenvalue weighted by Gasteiger charge is 2.33. The molecule has 2 aromatic carbocycles. The molecule has 2 N–H and O–H groups in total. The van der Waals surface area contributed by atoms with Gasteiger partial charge in [0.2, 0.25) is 5.91 Å². The normalized spacial score (nSPS) is 17.9. The van der Waals surface area contributed by atoms with E-state index >= 15 is 0 Å². The summed E-state index contributed by atoms with van der Waals surface area (Å²) in [4.78, 5) is 12.2. The van der Waals surface area contributed by atoms with Gasteiger partial charge >= 0.3 is 7.75 Å². The maximum atomic E-state index is 13.4. The van der Waals surface area contributed by atoms with Crippen LogP contribution in [0.1, 0.15) is 30.4 Å². The first-order valence-corrected chi connectivity index (χ1v) is 10.7. The van der Waals surface area contributed by atoms with E-state index in [1.54, 1.807) is 0 Å². The predicted molar refractivity (Wildman–Crippen MR) is 104 cm³/mol. The minimum absolute atomic E-state index is 0.133. The minimum Gasteiger partial charge on any atom is -0.355 e. The van der Waals surface area contributed by atoms with Crippen molar-refractivity contribution in [2.75, 3.05) is 6.54 Å². The van der Waals surface area contributed by atoms with Crippen molar-refractivity contribution >= 4 is 13.7 Å². The molecule has 0 spiro atoms. The number of nitrogens with one attached hydrogen (secondary N) is 2. The zero-order chi connectivity index (χ0) is 19.0. The van der Waals surface area contributed by atoms with Crippen LogP contribution in [-0.2, 0) is 31.6 Å². The Kier molecular flexibility index (Phi) is 7.18. The summed E-state index contributed by atoms with van der Waals surface area (Å²) in [7, 11) is -3.69. The van der Waals surface area contributed by atoms with Crippen LogP contribution in [0.4, 0.5) is 0 Å². The molecule has 0 bridgehead atoms. The average molecular weight is 388 g/mol. The Morgan fingerprint density at radius 3 is 2.04 bits per heavy atom. The van der Waals surface area contributed by atoms with E-state index in [1.165, 1.54) is 0 Å². The van der Waals surface area contributed by atoms with Crippen molar-refractivity contribution in [2.24, 2.45) is 0 Å². The van der Waals surface area contributed by atoms with Gasteiger partial charge in [0.1, 0.15) is 0 Å². The number of benzene rings is 2. The Morgan fingerprint density at radius 1 is 0.926 bits per heavy atom. The van der Waals surface area contributed by atoms with Crippen LogP contribution in [0.5, 0.6) is 0 Å². The van der Waals surface area contributed by atoms with Gasteiger partial charge in [-0.2, -0.15) is 0 Å². The first kappa shape index (κ1) is 19.8. The minimum atomic E-state index is -3.69. The molecular formula is C20H25N2O4P. The Hall–Kier alpha value is -1.98. The van der Waals surface area contributed by atoms with Crippen LogP contribution in [0.15, 0.2) is 60.7 Å². The fraction of sp³-hybridized carbons (Fsp3) is 0.350. The van der Waals surface area contributed by atoms with Gasteiger partial charge in [0.25, 0.3) is 0 Å². The van der Waals surface area contributed by atoms with E-state index in [9.17, 15) is 9.36 Å². The van der Waals surface area contributed by atoms with Crippen LogP contribution in [0, 0.1) is 0 Å². The zero-order valence-corrected chi connectivity index (χ0v) is 16.1. The highest BCUT2D eigenvalue weighted by molar-refractivity contribution is 7.51. The van der Waals surface area contributed by atoms with Crippen molar-refractivity contribution in [3.05, 3.63) is 71.8 Å². The molecule has 6 nitrogen and oxygen atoms in total. The Bertz CT molecular complexity index is 723. The number of rotatable bonds is 8. The van der Waals surface area contributed by atoms with Crippen LogP contribution in [0.25, 0.3) is 0 Å². The van der Waals surface area contributed by atoms with Gasteiger partial charge in [-0.3, -0.25) is 13.8 Å². The first-order valence-electron chi connectivity index (χ1n) is 9.17. The molecule has 3 rings (SSSR count). The van der Waals surface area contributed by atoms with E-state index in [0.717, 1.165) is 24.0 Å². The summed E-state index contributed by atoms with van der Waals surface area (Å²) < 4.78 is 24.7. The Labute approximate surface area is 159 Å². The van der Waals surface area contributed by atoms with Crippen LogP contribution >= 0.6 is 7.75 Å². The Morgan fingerprint density at radius 2 is 1.48 bits per heavy atom. The largest absolute Gasteiger partial charge is 0.406 e.